The molecular formula is C15H27N5. The molecule has 1 aromatic rings. The van der Waals surface area contributed by atoms with Gasteiger partial charge in [0, 0.05) is 44.1 Å². The largest absolute Gasteiger partial charge is 0.342 e. The standard InChI is InChI=1S/C15H27N5/c1-4-7-16-9-13-10-17-15(18-11-13)20(3)12-14-6-5-8-19(14)2/h10-11,14,16H,4-9,12H2,1-3H3. The molecule has 2 heterocycles. The van der Waals surface area contributed by atoms with Crippen molar-refractivity contribution in [1.82, 2.24) is 20.2 Å². The van der Waals surface area contributed by atoms with Crippen LogP contribution in [0, 0.1) is 0 Å². The highest BCUT2D eigenvalue weighted by Crippen LogP contribution is 2.17. The van der Waals surface area contributed by atoms with Crippen molar-refractivity contribution in [1.29, 1.82) is 0 Å². The Morgan fingerprint density at radius 3 is 2.75 bits per heavy atom. The summed E-state index contributed by atoms with van der Waals surface area (Å²) >= 11 is 0. The van der Waals surface area contributed by atoms with Crippen molar-refractivity contribution in [3.63, 3.8) is 0 Å². The molecule has 0 aromatic carbocycles. The van der Waals surface area contributed by atoms with Crippen LogP contribution in [0.1, 0.15) is 31.7 Å². The van der Waals surface area contributed by atoms with Gasteiger partial charge in [-0.15, -0.1) is 0 Å². The quantitative estimate of drug-likeness (QED) is 0.765. The van der Waals surface area contributed by atoms with Gasteiger partial charge in [0.25, 0.3) is 0 Å². The summed E-state index contributed by atoms with van der Waals surface area (Å²) in [6.45, 7) is 6.27. The van der Waals surface area contributed by atoms with Gasteiger partial charge >= 0.3 is 0 Å². The van der Waals surface area contributed by atoms with Crippen molar-refractivity contribution >= 4 is 5.95 Å². The molecule has 1 aliphatic heterocycles. The Morgan fingerprint density at radius 2 is 2.15 bits per heavy atom. The first-order valence-corrected chi connectivity index (χ1v) is 7.63. The lowest BCUT2D eigenvalue weighted by molar-refractivity contribution is 0.313. The van der Waals surface area contributed by atoms with Crippen LogP contribution in [0.4, 0.5) is 5.95 Å². The van der Waals surface area contributed by atoms with Crippen LogP contribution in [0.5, 0.6) is 0 Å². The van der Waals surface area contributed by atoms with Crippen molar-refractivity contribution in [2.75, 3.05) is 38.6 Å². The van der Waals surface area contributed by atoms with Crippen molar-refractivity contribution in [3.8, 4) is 0 Å². The van der Waals surface area contributed by atoms with E-state index in [-0.39, 0.29) is 0 Å². The van der Waals surface area contributed by atoms with E-state index in [9.17, 15) is 0 Å². The van der Waals surface area contributed by atoms with Crippen LogP contribution in [0.2, 0.25) is 0 Å². The molecule has 1 aliphatic rings. The second kappa shape index (κ2) is 7.55. The van der Waals surface area contributed by atoms with E-state index in [1.807, 2.05) is 12.4 Å². The minimum atomic E-state index is 0.634. The summed E-state index contributed by atoms with van der Waals surface area (Å²) in [4.78, 5) is 13.6. The van der Waals surface area contributed by atoms with E-state index in [1.165, 1.54) is 19.4 Å². The van der Waals surface area contributed by atoms with E-state index in [0.717, 1.165) is 37.6 Å². The molecule has 2 rings (SSSR count). The van der Waals surface area contributed by atoms with Crippen LogP contribution in [0.25, 0.3) is 0 Å². The predicted molar refractivity (Wildman–Crippen MR) is 83.0 cm³/mol. The Labute approximate surface area is 122 Å². The summed E-state index contributed by atoms with van der Waals surface area (Å²) in [6.07, 6.45) is 7.59. The lowest BCUT2D eigenvalue weighted by atomic mass is 10.2. The van der Waals surface area contributed by atoms with Crippen LogP contribution in [0.15, 0.2) is 12.4 Å². The van der Waals surface area contributed by atoms with Crippen LogP contribution >= 0.6 is 0 Å². The summed E-state index contributed by atoms with van der Waals surface area (Å²) in [5.74, 6) is 0.824. The Hall–Kier alpha value is -1.20. The Morgan fingerprint density at radius 1 is 1.40 bits per heavy atom. The van der Waals surface area contributed by atoms with Gasteiger partial charge in [-0.2, -0.15) is 0 Å². The third-order valence-electron chi connectivity index (χ3n) is 3.95. The number of nitrogens with one attached hydrogen (secondary N) is 1. The highest BCUT2D eigenvalue weighted by atomic mass is 15.3. The third-order valence-corrected chi connectivity index (χ3v) is 3.95. The van der Waals surface area contributed by atoms with Gasteiger partial charge < -0.3 is 15.1 Å². The Bertz CT molecular complexity index is 392. The molecule has 20 heavy (non-hydrogen) atoms. The van der Waals surface area contributed by atoms with Crippen LogP contribution in [-0.4, -0.2) is 54.6 Å². The molecule has 1 fully saturated rings. The summed E-state index contributed by atoms with van der Waals surface area (Å²) < 4.78 is 0. The molecule has 0 aliphatic carbocycles. The number of aromatic nitrogens is 2. The van der Waals surface area contributed by atoms with Gasteiger partial charge in [0.05, 0.1) is 0 Å². The smallest absolute Gasteiger partial charge is 0.225 e. The molecule has 1 aromatic heterocycles. The van der Waals surface area contributed by atoms with E-state index < -0.39 is 0 Å². The number of anilines is 1. The van der Waals surface area contributed by atoms with Crippen molar-refractivity contribution in [3.05, 3.63) is 18.0 Å². The molecule has 0 radical (unpaired) electrons. The highest BCUT2D eigenvalue weighted by molar-refractivity contribution is 5.28. The Kier molecular flexibility index (Phi) is 5.73. The molecule has 5 nitrogen and oxygen atoms in total. The Balaban J connectivity index is 1.85. The zero-order chi connectivity index (χ0) is 14.4. The maximum absolute atomic E-state index is 4.48. The summed E-state index contributed by atoms with van der Waals surface area (Å²) in [5, 5.41) is 3.36. The fraction of sp³-hybridized carbons (Fsp3) is 0.733. The van der Waals surface area contributed by atoms with Gasteiger partial charge in [-0.3, -0.25) is 0 Å². The third kappa shape index (κ3) is 4.15. The molecule has 0 spiro atoms. The monoisotopic (exact) mass is 277 g/mol. The zero-order valence-corrected chi connectivity index (χ0v) is 13.0. The van der Waals surface area contributed by atoms with Gasteiger partial charge in [0.1, 0.15) is 0 Å². The molecule has 0 amide bonds. The minimum absolute atomic E-state index is 0.634. The summed E-state index contributed by atoms with van der Waals surface area (Å²) in [5.41, 5.74) is 1.15. The molecule has 1 N–H and O–H groups in total. The number of likely N-dealkylation sites (N-methyl/N-ethyl adjacent to an activating group) is 2. The summed E-state index contributed by atoms with van der Waals surface area (Å²) in [7, 11) is 4.28. The van der Waals surface area contributed by atoms with E-state index in [1.54, 1.807) is 0 Å². The normalized spacial score (nSPS) is 19.4. The number of hydrogen-bond acceptors (Lipinski definition) is 5. The van der Waals surface area contributed by atoms with E-state index in [4.69, 9.17) is 0 Å². The van der Waals surface area contributed by atoms with Gasteiger partial charge in [0.15, 0.2) is 0 Å². The van der Waals surface area contributed by atoms with Gasteiger partial charge in [-0.25, -0.2) is 9.97 Å². The first-order chi connectivity index (χ1) is 9.70. The van der Waals surface area contributed by atoms with Crippen LogP contribution < -0.4 is 10.2 Å². The lowest BCUT2D eigenvalue weighted by Crippen LogP contribution is -2.37. The SMILES string of the molecule is CCCNCc1cnc(N(C)CC2CCCN2C)nc1. The molecular weight excluding hydrogens is 250 g/mol. The zero-order valence-electron chi connectivity index (χ0n) is 13.0. The molecule has 1 saturated heterocycles. The first-order valence-electron chi connectivity index (χ1n) is 7.63. The molecule has 5 heteroatoms. The predicted octanol–water partition coefficient (Wildman–Crippen LogP) is 1.51. The number of nitrogens with zero attached hydrogens (tertiary/aromatic N) is 4. The molecule has 1 unspecified atom stereocenters. The maximum atomic E-state index is 4.48. The van der Waals surface area contributed by atoms with Gasteiger partial charge in [-0.05, 0) is 39.4 Å². The van der Waals surface area contributed by atoms with Crippen molar-refractivity contribution < 1.29 is 0 Å². The topological polar surface area (TPSA) is 44.3 Å². The second-order valence-electron chi connectivity index (χ2n) is 5.73. The van der Waals surface area contributed by atoms with E-state index in [0.29, 0.717) is 6.04 Å². The average molecular weight is 277 g/mol. The van der Waals surface area contributed by atoms with E-state index >= 15 is 0 Å². The number of likely N-dealkylation sites (tertiary alicyclic amines) is 1. The van der Waals surface area contributed by atoms with Crippen molar-refractivity contribution in [2.24, 2.45) is 0 Å². The van der Waals surface area contributed by atoms with Crippen molar-refractivity contribution in [2.45, 2.75) is 38.8 Å². The number of hydrogen-bond donors (Lipinski definition) is 1. The highest BCUT2D eigenvalue weighted by Gasteiger charge is 2.22. The van der Waals surface area contributed by atoms with Gasteiger partial charge in [0.2, 0.25) is 5.95 Å². The fourth-order valence-corrected chi connectivity index (χ4v) is 2.65. The molecule has 112 valence electrons. The molecule has 0 bridgehead atoms. The average Bonchev–Trinajstić information content (AvgIpc) is 2.85. The van der Waals surface area contributed by atoms with Crippen LogP contribution in [0.3, 0.4) is 0 Å². The summed E-state index contributed by atoms with van der Waals surface area (Å²) in [6, 6.07) is 0.634. The molecule has 1 atom stereocenters. The fourth-order valence-electron chi connectivity index (χ4n) is 2.65. The first kappa shape index (κ1) is 15.2. The lowest BCUT2D eigenvalue weighted by Gasteiger charge is -2.25. The minimum Gasteiger partial charge on any atom is -0.342 e. The van der Waals surface area contributed by atoms with Gasteiger partial charge in [-0.1, -0.05) is 6.92 Å². The number of rotatable bonds is 7. The maximum Gasteiger partial charge on any atom is 0.225 e. The molecule has 0 saturated carbocycles. The second-order valence-corrected chi connectivity index (χ2v) is 5.73. The van der Waals surface area contributed by atoms with E-state index in [2.05, 4.69) is 46.1 Å². The van der Waals surface area contributed by atoms with Crippen LogP contribution in [-0.2, 0) is 6.54 Å².